The van der Waals surface area contributed by atoms with Crippen LogP contribution in [0.4, 0.5) is 5.69 Å². The Hall–Kier alpha value is -1.35. The number of rotatable bonds is 2. The molecule has 1 aromatic heterocycles. The van der Waals surface area contributed by atoms with E-state index in [-0.39, 0.29) is 11.8 Å². The average Bonchev–Trinajstić information content (AvgIpc) is 2.30. The van der Waals surface area contributed by atoms with Gasteiger partial charge < -0.3 is 5.32 Å². The molecule has 0 saturated heterocycles. The summed E-state index contributed by atoms with van der Waals surface area (Å²) in [6.07, 6.45) is 8.49. The van der Waals surface area contributed by atoms with Crippen molar-refractivity contribution in [3.05, 3.63) is 35.6 Å². The molecular formula is C12H13ClN2O. The van der Waals surface area contributed by atoms with E-state index in [1.807, 2.05) is 0 Å². The van der Waals surface area contributed by atoms with Gasteiger partial charge in [-0.2, -0.15) is 0 Å². The number of amides is 1. The summed E-state index contributed by atoms with van der Waals surface area (Å²) in [7, 11) is 0. The summed E-state index contributed by atoms with van der Waals surface area (Å²) in [5.41, 5.74) is 0.708. The number of halogens is 1. The standard InChI is InChI=1S/C12H13ClN2O/c13-11-8-10(6-7-14-11)15-12(16)9-4-2-1-3-5-9/h1-2,6-9H,3-5H2,(H,14,15,16). The van der Waals surface area contributed by atoms with Gasteiger partial charge in [0.05, 0.1) is 0 Å². The molecule has 1 unspecified atom stereocenters. The molecule has 1 N–H and O–H groups in total. The van der Waals surface area contributed by atoms with Crippen molar-refractivity contribution in [2.75, 3.05) is 5.32 Å². The lowest BCUT2D eigenvalue weighted by atomic mass is 9.93. The van der Waals surface area contributed by atoms with E-state index in [4.69, 9.17) is 11.6 Å². The number of allylic oxidation sites excluding steroid dienone is 2. The van der Waals surface area contributed by atoms with Crippen molar-refractivity contribution in [1.29, 1.82) is 0 Å². The lowest BCUT2D eigenvalue weighted by molar-refractivity contribution is -0.120. The van der Waals surface area contributed by atoms with Crippen molar-refractivity contribution in [3.63, 3.8) is 0 Å². The highest BCUT2D eigenvalue weighted by molar-refractivity contribution is 6.29. The number of nitrogens with zero attached hydrogens (tertiary/aromatic N) is 1. The minimum atomic E-state index is 0.0617. The molecule has 1 aromatic rings. The molecule has 1 atom stereocenters. The molecule has 84 valence electrons. The van der Waals surface area contributed by atoms with Gasteiger partial charge in [-0.15, -0.1) is 0 Å². The zero-order valence-corrected chi connectivity index (χ0v) is 9.57. The van der Waals surface area contributed by atoms with Crippen molar-refractivity contribution in [2.45, 2.75) is 19.3 Å². The van der Waals surface area contributed by atoms with E-state index in [0.29, 0.717) is 10.8 Å². The van der Waals surface area contributed by atoms with Crippen LogP contribution in [0.15, 0.2) is 30.5 Å². The molecule has 0 saturated carbocycles. The van der Waals surface area contributed by atoms with Crippen LogP contribution in [-0.4, -0.2) is 10.9 Å². The third kappa shape index (κ3) is 2.83. The molecule has 0 bridgehead atoms. The van der Waals surface area contributed by atoms with Gasteiger partial charge in [-0.1, -0.05) is 23.8 Å². The third-order valence-electron chi connectivity index (χ3n) is 2.63. The number of carbonyl (C=O) groups is 1. The number of carbonyl (C=O) groups excluding carboxylic acids is 1. The van der Waals surface area contributed by atoms with Crippen LogP contribution in [0, 0.1) is 5.92 Å². The molecule has 0 aromatic carbocycles. The number of anilines is 1. The van der Waals surface area contributed by atoms with Crippen LogP contribution in [0.3, 0.4) is 0 Å². The maximum Gasteiger partial charge on any atom is 0.227 e. The molecule has 1 aliphatic carbocycles. The maximum atomic E-state index is 11.9. The van der Waals surface area contributed by atoms with Crippen LogP contribution in [-0.2, 0) is 4.79 Å². The molecule has 0 fully saturated rings. The Morgan fingerprint density at radius 3 is 3.06 bits per heavy atom. The zero-order chi connectivity index (χ0) is 11.4. The molecule has 2 rings (SSSR count). The second-order valence-corrected chi connectivity index (χ2v) is 4.23. The monoisotopic (exact) mass is 236 g/mol. The second kappa shape index (κ2) is 5.12. The molecule has 3 nitrogen and oxygen atoms in total. The normalized spacial score (nSPS) is 19.4. The van der Waals surface area contributed by atoms with Crippen LogP contribution in [0.1, 0.15) is 19.3 Å². The van der Waals surface area contributed by atoms with Crippen molar-refractivity contribution >= 4 is 23.2 Å². The lowest BCUT2D eigenvalue weighted by Gasteiger charge is -2.17. The van der Waals surface area contributed by atoms with Gasteiger partial charge in [-0.3, -0.25) is 4.79 Å². The van der Waals surface area contributed by atoms with E-state index in [1.165, 1.54) is 0 Å². The summed E-state index contributed by atoms with van der Waals surface area (Å²) in [5.74, 6) is 0.142. The second-order valence-electron chi connectivity index (χ2n) is 3.84. The number of pyridine rings is 1. The Balaban J connectivity index is 1.99. The molecule has 1 aliphatic rings. The van der Waals surface area contributed by atoms with Gasteiger partial charge in [-0.25, -0.2) is 4.98 Å². The fourth-order valence-corrected chi connectivity index (χ4v) is 1.93. The SMILES string of the molecule is O=C(Nc1ccnc(Cl)c1)C1CC=CCC1. The zero-order valence-electron chi connectivity index (χ0n) is 8.82. The van der Waals surface area contributed by atoms with E-state index >= 15 is 0 Å². The minimum absolute atomic E-state index is 0.0617. The quantitative estimate of drug-likeness (QED) is 0.634. The first-order valence-corrected chi connectivity index (χ1v) is 5.71. The summed E-state index contributed by atoms with van der Waals surface area (Å²) in [6, 6.07) is 3.39. The van der Waals surface area contributed by atoms with Crippen molar-refractivity contribution in [1.82, 2.24) is 4.98 Å². The number of aromatic nitrogens is 1. The minimum Gasteiger partial charge on any atom is -0.326 e. The first-order chi connectivity index (χ1) is 7.75. The third-order valence-corrected chi connectivity index (χ3v) is 2.84. The van der Waals surface area contributed by atoms with Crippen molar-refractivity contribution in [2.24, 2.45) is 5.92 Å². The van der Waals surface area contributed by atoms with Gasteiger partial charge in [0, 0.05) is 17.8 Å². The highest BCUT2D eigenvalue weighted by atomic mass is 35.5. The van der Waals surface area contributed by atoms with Gasteiger partial charge in [0.25, 0.3) is 0 Å². The largest absolute Gasteiger partial charge is 0.326 e. The van der Waals surface area contributed by atoms with E-state index < -0.39 is 0 Å². The summed E-state index contributed by atoms with van der Waals surface area (Å²) >= 11 is 5.74. The first-order valence-electron chi connectivity index (χ1n) is 5.33. The molecule has 16 heavy (non-hydrogen) atoms. The van der Waals surface area contributed by atoms with E-state index in [1.54, 1.807) is 18.3 Å². The Morgan fingerprint density at radius 2 is 2.38 bits per heavy atom. The van der Waals surface area contributed by atoms with Crippen LogP contribution in [0.5, 0.6) is 0 Å². The molecule has 0 radical (unpaired) electrons. The summed E-state index contributed by atoms with van der Waals surface area (Å²) < 4.78 is 0. The fraction of sp³-hybridized carbons (Fsp3) is 0.333. The van der Waals surface area contributed by atoms with E-state index in [9.17, 15) is 4.79 Å². The van der Waals surface area contributed by atoms with Crippen LogP contribution >= 0.6 is 11.6 Å². The topological polar surface area (TPSA) is 42.0 Å². The fourth-order valence-electron chi connectivity index (χ4n) is 1.76. The van der Waals surface area contributed by atoms with Crippen molar-refractivity contribution < 1.29 is 4.79 Å². The van der Waals surface area contributed by atoms with Gasteiger partial charge >= 0.3 is 0 Å². The molecule has 1 heterocycles. The Labute approximate surface area is 99.5 Å². The number of hydrogen-bond donors (Lipinski definition) is 1. The molecular weight excluding hydrogens is 224 g/mol. The Bertz CT molecular complexity index is 417. The first kappa shape index (κ1) is 11.1. The Morgan fingerprint density at radius 1 is 1.50 bits per heavy atom. The summed E-state index contributed by atoms with van der Waals surface area (Å²) in [6.45, 7) is 0. The van der Waals surface area contributed by atoms with E-state index in [0.717, 1.165) is 19.3 Å². The molecule has 0 spiro atoms. The molecule has 1 amide bonds. The van der Waals surface area contributed by atoms with Crippen LogP contribution in [0.2, 0.25) is 5.15 Å². The smallest absolute Gasteiger partial charge is 0.227 e. The predicted octanol–water partition coefficient (Wildman–Crippen LogP) is 3.03. The van der Waals surface area contributed by atoms with Gasteiger partial charge in [-0.05, 0) is 31.4 Å². The van der Waals surface area contributed by atoms with Gasteiger partial charge in [0.15, 0.2) is 0 Å². The van der Waals surface area contributed by atoms with Gasteiger partial charge in [0.1, 0.15) is 5.15 Å². The summed E-state index contributed by atoms with van der Waals surface area (Å²) in [4.78, 5) is 15.7. The molecule has 0 aliphatic heterocycles. The van der Waals surface area contributed by atoms with Crippen LogP contribution < -0.4 is 5.32 Å². The van der Waals surface area contributed by atoms with Crippen LogP contribution in [0.25, 0.3) is 0 Å². The number of nitrogens with one attached hydrogen (secondary N) is 1. The number of hydrogen-bond acceptors (Lipinski definition) is 2. The van der Waals surface area contributed by atoms with Gasteiger partial charge in [0.2, 0.25) is 5.91 Å². The maximum absolute atomic E-state index is 11.9. The van der Waals surface area contributed by atoms with E-state index in [2.05, 4.69) is 22.5 Å². The molecule has 4 heteroatoms. The Kier molecular flexibility index (Phi) is 3.57. The highest BCUT2D eigenvalue weighted by Crippen LogP contribution is 2.20. The highest BCUT2D eigenvalue weighted by Gasteiger charge is 2.18. The lowest BCUT2D eigenvalue weighted by Crippen LogP contribution is -2.23. The summed E-state index contributed by atoms with van der Waals surface area (Å²) in [5, 5.41) is 3.25. The van der Waals surface area contributed by atoms with Crippen molar-refractivity contribution in [3.8, 4) is 0 Å². The average molecular weight is 237 g/mol. The predicted molar refractivity (Wildman–Crippen MR) is 64.4 cm³/mol.